The molecule has 7 nitrogen and oxygen atoms in total. The van der Waals surface area contributed by atoms with Crippen LogP contribution in [-0.2, 0) is 0 Å². The van der Waals surface area contributed by atoms with Gasteiger partial charge in [0.05, 0.1) is 23.0 Å². The molecule has 0 spiro atoms. The SMILES string of the molecule is O=C(Nc1ccccc1C(=O)O)Nc1cccc2cncn12. The van der Waals surface area contributed by atoms with Crippen molar-refractivity contribution < 1.29 is 14.7 Å². The summed E-state index contributed by atoms with van der Waals surface area (Å²) in [6.45, 7) is 0. The quantitative estimate of drug-likeness (QED) is 0.692. The van der Waals surface area contributed by atoms with Gasteiger partial charge in [0.25, 0.3) is 0 Å². The molecule has 0 aliphatic rings. The van der Waals surface area contributed by atoms with Crippen molar-refractivity contribution in [1.29, 1.82) is 0 Å². The number of urea groups is 1. The van der Waals surface area contributed by atoms with Gasteiger partial charge in [0.15, 0.2) is 0 Å². The van der Waals surface area contributed by atoms with Crippen LogP contribution in [0.15, 0.2) is 55.0 Å². The number of carboxylic acids is 1. The Morgan fingerprint density at radius 1 is 1.05 bits per heavy atom. The summed E-state index contributed by atoms with van der Waals surface area (Å²) in [6, 6.07) is 11.0. The summed E-state index contributed by atoms with van der Waals surface area (Å²) in [7, 11) is 0. The number of nitrogens with zero attached hydrogens (tertiary/aromatic N) is 2. The summed E-state index contributed by atoms with van der Waals surface area (Å²) in [4.78, 5) is 27.2. The van der Waals surface area contributed by atoms with E-state index in [1.54, 1.807) is 41.2 Å². The minimum Gasteiger partial charge on any atom is -0.478 e. The van der Waals surface area contributed by atoms with Gasteiger partial charge in [-0.05, 0) is 24.3 Å². The van der Waals surface area contributed by atoms with E-state index in [9.17, 15) is 9.59 Å². The van der Waals surface area contributed by atoms with E-state index in [1.807, 2.05) is 6.07 Å². The number of imidazole rings is 1. The van der Waals surface area contributed by atoms with Gasteiger partial charge in [0, 0.05) is 0 Å². The van der Waals surface area contributed by atoms with Gasteiger partial charge in [0.1, 0.15) is 12.1 Å². The Labute approximate surface area is 125 Å². The molecule has 1 aromatic carbocycles. The molecule has 22 heavy (non-hydrogen) atoms. The zero-order valence-electron chi connectivity index (χ0n) is 11.4. The van der Waals surface area contributed by atoms with Gasteiger partial charge >= 0.3 is 12.0 Å². The highest BCUT2D eigenvalue weighted by Crippen LogP contribution is 2.16. The number of aromatic carboxylic acids is 1. The van der Waals surface area contributed by atoms with Gasteiger partial charge in [-0.15, -0.1) is 0 Å². The second-order valence-electron chi connectivity index (χ2n) is 4.53. The third kappa shape index (κ3) is 2.59. The number of fused-ring (bicyclic) bond motifs is 1. The number of pyridine rings is 1. The minimum atomic E-state index is -1.10. The molecule has 7 heteroatoms. The van der Waals surface area contributed by atoms with Crippen LogP contribution in [0.3, 0.4) is 0 Å². The van der Waals surface area contributed by atoms with Crippen LogP contribution in [0.2, 0.25) is 0 Å². The molecule has 3 N–H and O–H groups in total. The van der Waals surface area contributed by atoms with E-state index in [4.69, 9.17) is 5.11 Å². The third-order valence-electron chi connectivity index (χ3n) is 3.10. The first-order valence-electron chi connectivity index (χ1n) is 6.46. The van der Waals surface area contributed by atoms with E-state index in [0.717, 1.165) is 5.52 Å². The highest BCUT2D eigenvalue weighted by molar-refractivity contribution is 6.04. The second-order valence-corrected chi connectivity index (χ2v) is 4.53. The number of para-hydroxylation sites is 1. The lowest BCUT2D eigenvalue weighted by molar-refractivity contribution is 0.0698. The van der Waals surface area contributed by atoms with Crippen molar-refractivity contribution in [2.75, 3.05) is 10.6 Å². The molecule has 0 atom stereocenters. The number of hydrogen-bond donors (Lipinski definition) is 3. The number of nitrogens with one attached hydrogen (secondary N) is 2. The van der Waals surface area contributed by atoms with Crippen molar-refractivity contribution in [3.63, 3.8) is 0 Å². The molecule has 0 unspecified atom stereocenters. The van der Waals surface area contributed by atoms with Gasteiger partial charge in [-0.25, -0.2) is 14.6 Å². The number of carboxylic acid groups (broad SMARTS) is 1. The molecule has 0 saturated carbocycles. The smallest absolute Gasteiger partial charge is 0.337 e. The van der Waals surface area contributed by atoms with E-state index in [1.165, 1.54) is 12.1 Å². The van der Waals surface area contributed by atoms with Crippen molar-refractivity contribution in [2.45, 2.75) is 0 Å². The highest BCUT2D eigenvalue weighted by Gasteiger charge is 2.12. The Morgan fingerprint density at radius 3 is 2.68 bits per heavy atom. The molecule has 0 radical (unpaired) electrons. The maximum absolute atomic E-state index is 12.1. The number of rotatable bonds is 3. The predicted molar refractivity (Wildman–Crippen MR) is 81.2 cm³/mol. The molecule has 2 aromatic heterocycles. The fraction of sp³-hybridized carbons (Fsp3) is 0. The normalized spacial score (nSPS) is 10.4. The maximum Gasteiger partial charge on any atom is 0.337 e. The topological polar surface area (TPSA) is 95.7 Å². The number of carbonyl (C=O) groups is 2. The Morgan fingerprint density at radius 2 is 1.86 bits per heavy atom. The van der Waals surface area contributed by atoms with Crippen LogP contribution in [0.1, 0.15) is 10.4 Å². The molecular formula is C15H12N4O3. The number of aromatic nitrogens is 2. The highest BCUT2D eigenvalue weighted by atomic mass is 16.4. The van der Waals surface area contributed by atoms with Crippen LogP contribution in [0.25, 0.3) is 5.52 Å². The Kier molecular flexibility index (Phi) is 3.45. The summed E-state index contributed by atoms with van der Waals surface area (Å²) in [5.74, 6) is -0.576. The van der Waals surface area contributed by atoms with Crippen LogP contribution >= 0.6 is 0 Å². The molecule has 0 aliphatic heterocycles. The van der Waals surface area contributed by atoms with Crippen LogP contribution in [0.4, 0.5) is 16.3 Å². The Balaban J connectivity index is 1.81. The molecule has 0 bridgehead atoms. The minimum absolute atomic E-state index is 0.0264. The lowest BCUT2D eigenvalue weighted by Gasteiger charge is -2.11. The lowest BCUT2D eigenvalue weighted by Crippen LogP contribution is -2.22. The third-order valence-corrected chi connectivity index (χ3v) is 3.10. The summed E-state index contributed by atoms with van der Waals surface area (Å²) < 4.78 is 1.71. The van der Waals surface area contributed by atoms with Crippen LogP contribution in [0.5, 0.6) is 0 Å². The van der Waals surface area contributed by atoms with E-state index in [-0.39, 0.29) is 11.3 Å². The number of anilines is 2. The van der Waals surface area contributed by atoms with Gasteiger partial charge in [0.2, 0.25) is 0 Å². The van der Waals surface area contributed by atoms with Crippen molar-refractivity contribution in [3.05, 3.63) is 60.6 Å². The molecule has 0 fully saturated rings. The number of amides is 2. The predicted octanol–water partition coefficient (Wildman–Crippen LogP) is 2.68. The molecular weight excluding hydrogens is 284 g/mol. The molecule has 2 heterocycles. The maximum atomic E-state index is 12.1. The Hall–Kier alpha value is -3.35. The van der Waals surface area contributed by atoms with E-state index in [2.05, 4.69) is 15.6 Å². The van der Waals surface area contributed by atoms with Crippen molar-refractivity contribution >= 4 is 29.0 Å². The first-order chi connectivity index (χ1) is 10.6. The zero-order valence-corrected chi connectivity index (χ0v) is 11.4. The summed E-state index contributed by atoms with van der Waals surface area (Å²) >= 11 is 0. The largest absolute Gasteiger partial charge is 0.478 e. The summed E-state index contributed by atoms with van der Waals surface area (Å²) in [6.07, 6.45) is 3.25. The average Bonchev–Trinajstić information content (AvgIpc) is 2.97. The molecule has 110 valence electrons. The number of benzene rings is 1. The molecule has 3 rings (SSSR count). The van der Waals surface area contributed by atoms with E-state index >= 15 is 0 Å². The average molecular weight is 296 g/mol. The van der Waals surface area contributed by atoms with E-state index < -0.39 is 12.0 Å². The monoisotopic (exact) mass is 296 g/mol. The van der Waals surface area contributed by atoms with E-state index in [0.29, 0.717) is 5.82 Å². The van der Waals surface area contributed by atoms with Crippen molar-refractivity contribution in [1.82, 2.24) is 9.38 Å². The van der Waals surface area contributed by atoms with Crippen LogP contribution in [-0.4, -0.2) is 26.5 Å². The number of carbonyl (C=O) groups excluding carboxylic acids is 1. The zero-order chi connectivity index (χ0) is 15.5. The lowest BCUT2D eigenvalue weighted by atomic mass is 10.2. The van der Waals surface area contributed by atoms with Gasteiger partial charge < -0.3 is 10.4 Å². The molecule has 0 saturated heterocycles. The molecule has 2 amide bonds. The Bertz CT molecular complexity index is 857. The molecule has 0 aliphatic carbocycles. The first kappa shape index (κ1) is 13.6. The summed E-state index contributed by atoms with van der Waals surface area (Å²) in [5.41, 5.74) is 1.09. The fourth-order valence-corrected chi connectivity index (χ4v) is 2.10. The van der Waals surface area contributed by atoms with Gasteiger partial charge in [-0.2, -0.15) is 0 Å². The first-order valence-corrected chi connectivity index (χ1v) is 6.46. The van der Waals surface area contributed by atoms with Crippen molar-refractivity contribution in [2.24, 2.45) is 0 Å². The van der Waals surface area contributed by atoms with Crippen LogP contribution < -0.4 is 10.6 Å². The van der Waals surface area contributed by atoms with Gasteiger partial charge in [-0.3, -0.25) is 9.72 Å². The second kappa shape index (κ2) is 5.57. The number of hydrogen-bond acceptors (Lipinski definition) is 3. The fourth-order valence-electron chi connectivity index (χ4n) is 2.10. The van der Waals surface area contributed by atoms with Crippen molar-refractivity contribution in [3.8, 4) is 0 Å². The van der Waals surface area contributed by atoms with Crippen LogP contribution in [0, 0.1) is 0 Å². The van der Waals surface area contributed by atoms with Gasteiger partial charge in [-0.1, -0.05) is 18.2 Å². The summed E-state index contributed by atoms with van der Waals surface area (Å²) in [5, 5.41) is 14.3. The molecule has 3 aromatic rings. The standard InChI is InChI=1S/C15H12N4O3/c20-14(21)11-5-1-2-6-12(11)17-15(22)18-13-7-3-4-10-8-16-9-19(10)13/h1-9H,(H,20,21)(H2,17,18,22).